The van der Waals surface area contributed by atoms with E-state index in [4.69, 9.17) is 11.6 Å². The van der Waals surface area contributed by atoms with Crippen molar-refractivity contribution >= 4 is 17.5 Å². The van der Waals surface area contributed by atoms with E-state index in [1.54, 1.807) is 24.3 Å². The van der Waals surface area contributed by atoms with E-state index < -0.39 is 5.56 Å². The average Bonchev–Trinajstić information content (AvgIpc) is 3.12. The van der Waals surface area contributed by atoms with E-state index in [9.17, 15) is 9.90 Å². The predicted octanol–water partition coefficient (Wildman–Crippen LogP) is 2.37. The Balaban J connectivity index is 2.04. The van der Waals surface area contributed by atoms with Gasteiger partial charge in [-0.1, -0.05) is 23.7 Å². The minimum Gasteiger partial charge on any atom is -0.493 e. The maximum absolute atomic E-state index is 12.0. The second kappa shape index (κ2) is 4.59. The van der Waals surface area contributed by atoms with Gasteiger partial charge in [0.05, 0.1) is 0 Å². The maximum atomic E-state index is 12.0. The van der Waals surface area contributed by atoms with Crippen molar-refractivity contribution in [3.63, 3.8) is 0 Å². The minimum absolute atomic E-state index is 0.129. The van der Waals surface area contributed by atoms with Gasteiger partial charge in [-0.3, -0.25) is 9.78 Å². The molecule has 3 rings (SSSR count). The van der Waals surface area contributed by atoms with Crippen LogP contribution in [0.3, 0.4) is 0 Å². The van der Waals surface area contributed by atoms with Gasteiger partial charge in [0, 0.05) is 11.1 Å². The summed E-state index contributed by atoms with van der Waals surface area (Å²) in [4.78, 5) is 18.6. The third-order valence-corrected chi connectivity index (χ3v) is 3.17. The van der Waals surface area contributed by atoms with E-state index in [1.165, 1.54) is 0 Å². The largest absolute Gasteiger partial charge is 0.493 e. The van der Waals surface area contributed by atoms with E-state index in [0.29, 0.717) is 22.6 Å². The average molecular weight is 278 g/mol. The first-order valence-electron chi connectivity index (χ1n) is 5.99. The highest BCUT2D eigenvalue weighted by Crippen LogP contribution is 2.28. The van der Waals surface area contributed by atoms with Gasteiger partial charge in [0.15, 0.2) is 0 Å². The fourth-order valence-corrected chi connectivity index (χ4v) is 2.05. The molecule has 0 amide bonds. The molecular weight excluding hydrogens is 266 g/mol. The van der Waals surface area contributed by atoms with Crippen molar-refractivity contribution in [1.82, 2.24) is 9.97 Å². The lowest BCUT2D eigenvalue weighted by molar-refractivity contribution is 0.454. The second-order valence-corrected chi connectivity index (χ2v) is 4.98. The van der Waals surface area contributed by atoms with Crippen molar-refractivity contribution in [3.05, 3.63) is 39.6 Å². The van der Waals surface area contributed by atoms with Gasteiger partial charge in [0.1, 0.15) is 5.56 Å². The van der Waals surface area contributed by atoms with Gasteiger partial charge in [0.25, 0.3) is 5.56 Å². The molecule has 1 aliphatic rings. The van der Waals surface area contributed by atoms with E-state index in [-0.39, 0.29) is 11.4 Å². The molecule has 5 nitrogen and oxygen atoms in total. The van der Waals surface area contributed by atoms with Crippen LogP contribution < -0.4 is 10.9 Å². The Morgan fingerprint density at radius 1 is 1.42 bits per heavy atom. The molecule has 98 valence electrons. The Kier molecular flexibility index (Phi) is 2.91. The maximum Gasteiger partial charge on any atom is 0.264 e. The number of nitrogens with zero attached hydrogens (tertiary/aromatic N) is 1. The van der Waals surface area contributed by atoms with Gasteiger partial charge >= 0.3 is 0 Å². The lowest BCUT2D eigenvalue weighted by Crippen LogP contribution is -2.15. The molecule has 0 radical (unpaired) electrons. The van der Waals surface area contributed by atoms with Gasteiger partial charge in [-0.05, 0) is 30.5 Å². The second-order valence-electron chi connectivity index (χ2n) is 4.54. The van der Waals surface area contributed by atoms with Crippen molar-refractivity contribution < 1.29 is 5.11 Å². The van der Waals surface area contributed by atoms with E-state index in [0.717, 1.165) is 12.8 Å². The summed E-state index contributed by atoms with van der Waals surface area (Å²) in [5.74, 6) is 0.00458. The van der Waals surface area contributed by atoms with Gasteiger partial charge in [-0.25, -0.2) is 0 Å². The molecule has 0 aliphatic heterocycles. The van der Waals surface area contributed by atoms with Gasteiger partial charge in [-0.2, -0.15) is 4.98 Å². The van der Waals surface area contributed by atoms with Crippen LogP contribution in [0.25, 0.3) is 11.1 Å². The SMILES string of the molecule is O=c1[nH]c(NC2CC2)nc(O)c1-c1cccc(Cl)c1. The molecule has 1 heterocycles. The molecule has 1 fully saturated rings. The van der Waals surface area contributed by atoms with Gasteiger partial charge in [0.2, 0.25) is 11.8 Å². The summed E-state index contributed by atoms with van der Waals surface area (Å²) in [5.41, 5.74) is 0.276. The van der Waals surface area contributed by atoms with E-state index in [1.807, 2.05) is 0 Å². The van der Waals surface area contributed by atoms with E-state index >= 15 is 0 Å². The Morgan fingerprint density at radius 3 is 2.84 bits per heavy atom. The lowest BCUT2D eigenvalue weighted by Gasteiger charge is -2.07. The van der Waals surface area contributed by atoms with Crippen LogP contribution in [0.15, 0.2) is 29.1 Å². The third-order valence-electron chi connectivity index (χ3n) is 2.93. The molecule has 0 saturated heterocycles. The summed E-state index contributed by atoms with van der Waals surface area (Å²) in [5, 5.41) is 13.5. The van der Waals surface area contributed by atoms with Crippen LogP contribution in [0, 0.1) is 0 Å². The zero-order chi connectivity index (χ0) is 13.4. The number of hydrogen-bond acceptors (Lipinski definition) is 4. The predicted molar refractivity (Wildman–Crippen MR) is 73.6 cm³/mol. The molecule has 2 aromatic rings. The van der Waals surface area contributed by atoms with Crippen LogP contribution in [-0.4, -0.2) is 21.1 Å². The van der Waals surface area contributed by atoms with Crippen LogP contribution >= 0.6 is 11.6 Å². The van der Waals surface area contributed by atoms with Gasteiger partial charge < -0.3 is 10.4 Å². The number of halogens is 1. The molecule has 3 N–H and O–H groups in total. The lowest BCUT2D eigenvalue weighted by atomic mass is 10.1. The number of rotatable bonds is 3. The summed E-state index contributed by atoms with van der Waals surface area (Å²) < 4.78 is 0. The molecular formula is C13H12ClN3O2. The van der Waals surface area contributed by atoms with Crippen molar-refractivity contribution in [2.75, 3.05) is 5.32 Å². The molecule has 1 aromatic carbocycles. The first-order valence-corrected chi connectivity index (χ1v) is 6.37. The molecule has 0 spiro atoms. The van der Waals surface area contributed by atoms with Crippen LogP contribution in [0.1, 0.15) is 12.8 Å². The molecule has 0 bridgehead atoms. The Bertz CT molecular complexity index is 680. The highest BCUT2D eigenvalue weighted by molar-refractivity contribution is 6.30. The minimum atomic E-state index is -0.391. The number of aromatic amines is 1. The monoisotopic (exact) mass is 277 g/mol. The molecule has 1 aromatic heterocycles. The number of hydrogen-bond donors (Lipinski definition) is 3. The van der Waals surface area contributed by atoms with E-state index in [2.05, 4.69) is 15.3 Å². The zero-order valence-corrected chi connectivity index (χ0v) is 10.7. The number of aromatic hydroxyl groups is 1. The number of H-pyrrole nitrogens is 1. The van der Waals surface area contributed by atoms with Gasteiger partial charge in [-0.15, -0.1) is 0 Å². The smallest absolute Gasteiger partial charge is 0.264 e. The van der Waals surface area contributed by atoms with Crippen LogP contribution in [0.4, 0.5) is 5.95 Å². The number of aromatic nitrogens is 2. The number of benzene rings is 1. The Morgan fingerprint density at radius 2 is 2.21 bits per heavy atom. The first-order chi connectivity index (χ1) is 9.13. The highest BCUT2D eigenvalue weighted by Gasteiger charge is 2.22. The van der Waals surface area contributed by atoms with Crippen molar-refractivity contribution in [3.8, 4) is 17.0 Å². The van der Waals surface area contributed by atoms with Crippen LogP contribution in [-0.2, 0) is 0 Å². The normalized spacial score (nSPS) is 14.4. The molecule has 0 atom stereocenters. The molecule has 19 heavy (non-hydrogen) atoms. The van der Waals surface area contributed by atoms with Crippen molar-refractivity contribution in [1.29, 1.82) is 0 Å². The summed E-state index contributed by atoms with van der Waals surface area (Å²) in [6.07, 6.45) is 2.11. The number of anilines is 1. The molecule has 0 unspecified atom stereocenters. The highest BCUT2D eigenvalue weighted by atomic mass is 35.5. The molecule has 1 aliphatic carbocycles. The third kappa shape index (κ3) is 2.56. The van der Waals surface area contributed by atoms with Crippen LogP contribution in [0.2, 0.25) is 5.02 Å². The summed E-state index contributed by atoms with van der Waals surface area (Å²) >= 11 is 5.88. The molecule has 1 saturated carbocycles. The topological polar surface area (TPSA) is 78.0 Å². The quantitative estimate of drug-likeness (QED) is 0.805. The van der Waals surface area contributed by atoms with Crippen LogP contribution in [0.5, 0.6) is 5.88 Å². The fraction of sp³-hybridized carbons (Fsp3) is 0.231. The van der Waals surface area contributed by atoms with Crippen molar-refractivity contribution in [2.45, 2.75) is 18.9 Å². The Labute approximate surface area is 114 Å². The van der Waals surface area contributed by atoms with Crippen molar-refractivity contribution in [2.24, 2.45) is 0 Å². The fourth-order valence-electron chi connectivity index (χ4n) is 1.85. The standard InChI is InChI=1S/C13H12ClN3O2/c14-8-3-1-2-7(6-8)10-11(18)16-13(17-12(10)19)15-9-4-5-9/h1-3,6,9H,4-5H2,(H3,15,16,17,18,19). The Hall–Kier alpha value is -2.01. The molecule has 6 heteroatoms. The summed E-state index contributed by atoms with van der Waals surface area (Å²) in [6, 6.07) is 7.08. The summed E-state index contributed by atoms with van der Waals surface area (Å²) in [7, 11) is 0. The zero-order valence-electron chi connectivity index (χ0n) is 9.98. The first kappa shape index (κ1) is 12.0. The number of nitrogens with one attached hydrogen (secondary N) is 2. The summed E-state index contributed by atoms with van der Waals surface area (Å²) in [6.45, 7) is 0.